The smallest absolute Gasteiger partial charge is 0.335 e. The van der Waals surface area contributed by atoms with Gasteiger partial charge in [0.15, 0.2) is 0 Å². The normalized spacial score (nSPS) is 17.0. The van der Waals surface area contributed by atoms with Gasteiger partial charge in [0.1, 0.15) is 5.82 Å². The number of rotatable bonds is 4. The van der Waals surface area contributed by atoms with Crippen LogP contribution in [0.2, 0.25) is 0 Å². The summed E-state index contributed by atoms with van der Waals surface area (Å²) in [6, 6.07) is 9.99. The van der Waals surface area contributed by atoms with Crippen molar-refractivity contribution in [1.29, 1.82) is 0 Å². The summed E-state index contributed by atoms with van der Waals surface area (Å²) in [4.78, 5) is 26.0. The molecule has 136 valence electrons. The molecule has 6 heteroatoms. The number of nitrogens with one attached hydrogen (secondary N) is 1. The summed E-state index contributed by atoms with van der Waals surface area (Å²) < 4.78 is 13.1. The molecule has 1 aliphatic heterocycles. The average Bonchev–Trinajstić information content (AvgIpc) is 2.62. The van der Waals surface area contributed by atoms with Crippen LogP contribution in [0.25, 0.3) is 0 Å². The summed E-state index contributed by atoms with van der Waals surface area (Å²) >= 11 is 0. The maximum Gasteiger partial charge on any atom is 0.335 e. The van der Waals surface area contributed by atoms with E-state index in [9.17, 15) is 19.1 Å². The van der Waals surface area contributed by atoms with Gasteiger partial charge in [-0.3, -0.25) is 4.79 Å². The molecule has 2 aromatic rings. The van der Waals surface area contributed by atoms with Gasteiger partial charge < -0.3 is 15.3 Å². The van der Waals surface area contributed by atoms with Gasteiger partial charge in [0, 0.05) is 18.7 Å². The molecule has 0 bridgehead atoms. The molecule has 0 aliphatic carbocycles. The minimum Gasteiger partial charge on any atom is -0.478 e. The number of nitrogens with zero attached hydrogens (tertiary/aromatic N) is 1. The summed E-state index contributed by atoms with van der Waals surface area (Å²) in [6.45, 7) is 3.89. The molecule has 1 aliphatic rings. The minimum absolute atomic E-state index is 0.105. The Balaban J connectivity index is 1.91. The van der Waals surface area contributed by atoms with Crippen molar-refractivity contribution in [3.05, 3.63) is 59.4 Å². The summed E-state index contributed by atoms with van der Waals surface area (Å²) in [7, 11) is 0. The number of amides is 1. The molecule has 1 heterocycles. The van der Waals surface area contributed by atoms with Crippen molar-refractivity contribution in [2.24, 2.45) is 5.92 Å². The number of carboxylic acids is 1. The number of aromatic carboxylic acids is 1. The van der Waals surface area contributed by atoms with Crippen molar-refractivity contribution < 1.29 is 19.1 Å². The van der Waals surface area contributed by atoms with E-state index in [0.717, 1.165) is 31.6 Å². The zero-order valence-corrected chi connectivity index (χ0v) is 14.5. The Morgan fingerprint density at radius 3 is 2.50 bits per heavy atom. The Morgan fingerprint density at radius 1 is 1.15 bits per heavy atom. The molecule has 5 nitrogen and oxygen atoms in total. The van der Waals surface area contributed by atoms with Crippen LogP contribution in [0, 0.1) is 11.7 Å². The highest BCUT2D eigenvalue weighted by atomic mass is 19.1. The Kier molecular flexibility index (Phi) is 5.21. The molecule has 1 saturated heterocycles. The number of benzene rings is 2. The van der Waals surface area contributed by atoms with E-state index in [4.69, 9.17) is 0 Å². The van der Waals surface area contributed by atoms with Gasteiger partial charge in [0.05, 0.1) is 16.9 Å². The van der Waals surface area contributed by atoms with Gasteiger partial charge in [0.2, 0.25) is 0 Å². The van der Waals surface area contributed by atoms with Crippen molar-refractivity contribution in [1.82, 2.24) is 0 Å². The fraction of sp³-hybridized carbons (Fsp3) is 0.300. The van der Waals surface area contributed by atoms with Crippen molar-refractivity contribution >= 4 is 23.3 Å². The lowest BCUT2D eigenvalue weighted by molar-refractivity contribution is 0.0696. The largest absolute Gasteiger partial charge is 0.478 e. The number of halogens is 1. The monoisotopic (exact) mass is 356 g/mol. The molecule has 1 atom stereocenters. The Morgan fingerprint density at radius 2 is 1.85 bits per heavy atom. The predicted molar refractivity (Wildman–Crippen MR) is 98.4 cm³/mol. The SMILES string of the molecule is CC1CCCN(c2ccc(C(=O)O)cc2NC(=O)c2ccc(F)cc2)C1. The maximum absolute atomic E-state index is 13.1. The van der Waals surface area contributed by atoms with Gasteiger partial charge in [-0.2, -0.15) is 0 Å². The fourth-order valence-corrected chi connectivity index (χ4v) is 3.25. The van der Waals surface area contributed by atoms with Crippen LogP contribution in [0.15, 0.2) is 42.5 Å². The van der Waals surface area contributed by atoms with Gasteiger partial charge in [-0.1, -0.05) is 6.92 Å². The molecule has 1 amide bonds. The van der Waals surface area contributed by atoms with Gasteiger partial charge in [-0.15, -0.1) is 0 Å². The van der Waals surface area contributed by atoms with Crippen LogP contribution in [-0.4, -0.2) is 30.1 Å². The number of piperidine rings is 1. The molecule has 1 unspecified atom stereocenters. The highest BCUT2D eigenvalue weighted by Crippen LogP contribution is 2.31. The zero-order valence-electron chi connectivity index (χ0n) is 14.5. The third-order valence-electron chi connectivity index (χ3n) is 4.60. The van der Waals surface area contributed by atoms with Gasteiger partial charge in [-0.05, 0) is 61.2 Å². The second kappa shape index (κ2) is 7.56. The van der Waals surface area contributed by atoms with E-state index in [1.165, 1.54) is 30.3 Å². The highest BCUT2D eigenvalue weighted by molar-refractivity contribution is 6.06. The molecule has 0 spiro atoms. The number of carbonyl (C=O) groups excluding carboxylic acids is 1. The maximum atomic E-state index is 13.1. The molecule has 2 N–H and O–H groups in total. The number of carbonyl (C=O) groups is 2. The predicted octanol–water partition coefficient (Wildman–Crippen LogP) is 4.01. The second-order valence-corrected chi connectivity index (χ2v) is 6.69. The molecule has 2 aromatic carbocycles. The average molecular weight is 356 g/mol. The number of carboxylic acid groups (broad SMARTS) is 1. The van der Waals surface area contributed by atoms with E-state index in [1.54, 1.807) is 12.1 Å². The first-order chi connectivity index (χ1) is 12.4. The fourth-order valence-electron chi connectivity index (χ4n) is 3.25. The lowest BCUT2D eigenvalue weighted by atomic mass is 9.99. The summed E-state index contributed by atoms with van der Waals surface area (Å²) in [6.07, 6.45) is 2.20. The third-order valence-corrected chi connectivity index (χ3v) is 4.60. The third kappa shape index (κ3) is 4.02. The first-order valence-electron chi connectivity index (χ1n) is 8.63. The number of hydrogen-bond acceptors (Lipinski definition) is 3. The van der Waals surface area contributed by atoms with E-state index >= 15 is 0 Å². The molecule has 0 radical (unpaired) electrons. The molecule has 0 aromatic heterocycles. The molecule has 1 fully saturated rings. The number of hydrogen-bond donors (Lipinski definition) is 2. The molecular weight excluding hydrogens is 335 g/mol. The lowest BCUT2D eigenvalue weighted by Crippen LogP contribution is -2.35. The van der Waals surface area contributed by atoms with Gasteiger partial charge in [-0.25, -0.2) is 9.18 Å². The molecule has 0 saturated carbocycles. The standard InChI is InChI=1S/C20H21FN2O3/c1-13-3-2-10-23(12-13)18-9-6-15(20(25)26)11-17(18)22-19(24)14-4-7-16(21)8-5-14/h4-9,11,13H,2-3,10,12H2,1H3,(H,22,24)(H,25,26). The molecular formula is C20H21FN2O3. The van der Waals surface area contributed by atoms with Crippen LogP contribution < -0.4 is 10.2 Å². The minimum atomic E-state index is -1.05. The van der Waals surface area contributed by atoms with E-state index in [2.05, 4.69) is 17.1 Å². The van der Waals surface area contributed by atoms with Crippen LogP contribution in [0.1, 0.15) is 40.5 Å². The summed E-state index contributed by atoms with van der Waals surface area (Å²) in [5, 5.41) is 12.1. The molecule has 3 rings (SSSR count). The quantitative estimate of drug-likeness (QED) is 0.868. The van der Waals surface area contributed by atoms with Gasteiger partial charge in [0.25, 0.3) is 5.91 Å². The van der Waals surface area contributed by atoms with E-state index in [-0.39, 0.29) is 5.56 Å². The molecule has 26 heavy (non-hydrogen) atoms. The topological polar surface area (TPSA) is 69.6 Å². The summed E-state index contributed by atoms with van der Waals surface area (Å²) in [5.41, 5.74) is 1.67. The van der Waals surface area contributed by atoms with Crippen molar-refractivity contribution in [3.8, 4) is 0 Å². The highest BCUT2D eigenvalue weighted by Gasteiger charge is 2.21. The van der Waals surface area contributed by atoms with Gasteiger partial charge >= 0.3 is 5.97 Å². The van der Waals surface area contributed by atoms with Crippen LogP contribution in [0.4, 0.5) is 15.8 Å². The van der Waals surface area contributed by atoms with Crippen LogP contribution in [-0.2, 0) is 0 Å². The van der Waals surface area contributed by atoms with Crippen molar-refractivity contribution in [3.63, 3.8) is 0 Å². The van der Waals surface area contributed by atoms with E-state index < -0.39 is 17.7 Å². The Labute approximate surface area is 151 Å². The first kappa shape index (κ1) is 17.9. The Bertz CT molecular complexity index is 820. The Hall–Kier alpha value is -2.89. The zero-order chi connectivity index (χ0) is 18.7. The summed E-state index contributed by atoms with van der Waals surface area (Å²) in [5.74, 6) is -1.35. The van der Waals surface area contributed by atoms with Crippen LogP contribution in [0.3, 0.4) is 0 Å². The lowest BCUT2D eigenvalue weighted by Gasteiger charge is -2.34. The first-order valence-corrected chi connectivity index (χ1v) is 8.63. The second-order valence-electron chi connectivity index (χ2n) is 6.69. The van der Waals surface area contributed by atoms with E-state index in [0.29, 0.717) is 17.2 Å². The van der Waals surface area contributed by atoms with Crippen molar-refractivity contribution in [2.45, 2.75) is 19.8 Å². The van der Waals surface area contributed by atoms with E-state index in [1.807, 2.05) is 0 Å². The van der Waals surface area contributed by atoms with Crippen LogP contribution >= 0.6 is 0 Å². The number of anilines is 2. The van der Waals surface area contributed by atoms with Crippen molar-refractivity contribution in [2.75, 3.05) is 23.3 Å². The van der Waals surface area contributed by atoms with Crippen LogP contribution in [0.5, 0.6) is 0 Å².